The van der Waals surface area contributed by atoms with E-state index >= 15 is 0 Å². The van der Waals surface area contributed by atoms with Gasteiger partial charge >= 0.3 is 11.7 Å². The number of ether oxygens (including phenoxy) is 1. The number of likely N-dealkylation sites (tertiary alicyclic amines) is 1. The Balaban J connectivity index is 1.66. The first-order chi connectivity index (χ1) is 13.5. The van der Waals surface area contributed by atoms with Crippen LogP contribution >= 0.6 is 0 Å². The summed E-state index contributed by atoms with van der Waals surface area (Å²) in [5.74, 6) is 0.458. The number of aromatic nitrogens is 3. The zero-order valence-corrected chi connectivity index (χ0v) is 16.3. The highest BCUT2D eigenvalue weighted by Gasteiger charge is 2.28. The van der Waals surface area contributed by atoms with E-state index in [1.165, 1.54) is 4.68 Å². The van der Waals surface area contributed by atoms with Crippen LogP contribution in [0.15, 0.2) is 35.1 Å². The molecular formula is C20H26N4O4. The van der Waals surface area contributed by atoms with Gasteiger partial charge in [0.2, 0.25) is 5.91 Å². The molecule has 0 aliphatic carbocycles. The number of piperidine rings is 1. The van der Waals surface area contributed by atoms with Crippen LogP contribution in [0.1, 0.15) is 44.3 Å². The highest BCUT2D eigenvalue weighted by Crippen LogP contribution is 2.28. The summed E-state index contributed by atoms with van der Waals surface area (Å²) in [5.41, 5.74) is 0.623. The second-order valence-corrected chi connectivity index (χ2v) is 6.90. The molecule has 3 rings (SSSR count). The second-order valence-electron chi connectivity index (χ2n) is 6.90. The number of amides is 1. The van der Waals surface area contributed by atoms with Gasteiger partial charge in [-0.2, -0.15) is 5.10 Å². The molecule has 2 heterocycles. The van der Waals surface area contributed by atoms with Crippen molar-refractivity contribution in [3.8, 4) is 5.69 Å². The van der Waals surface area contributed by atoms with Gasteiger partial charge in [-0.3, -0.25) is 9.59 Å². The van der Waals surface area contributed by atoms with Gasteiger partial charge in [0.15, 0.2) is 0 Å². The molecule has 1 aromatic carbocycles. The number of rotatable bonds is 6. The smallest absolute Gasteiger partial charge is 0.350 e. The first-order valence-electron chi connectivity index (χ1n) is 9.66. The molecule has 1 aromatic heterocycles. The van der Waals surface area contributed by atoms with Crippen molar-refractivity contribution in [3.63, 3.8) is 0 Å². The fraction of sp³-hybridized carbons (Fsp3) is 0.500. The zero-order chi connectivity index (χ0) is 20.1. The van der Waals surface area contributed by atoms with E-state index in [1.54, 1.807) is 23.4 Å². The van der Waals surface area contributed by atoms with Crippen molar-refractivity contribution in [1.29, 1.82) is 0 Å². The number of hydrogen-bond donors (Lipinski definition) is 0. The van der Waals surface area contributed by atoms with Gasteiger partial charge in [0.25, 0.3) is 0 Å². The summed E-state index contributed by atoms with van der Waals surface area (Å²) in [6, 6.07) is 9.47. The third-order valence-corrected chi connectivity index (χ3v) is 5.03. The minimum absolute atomic E-state index is 0.0343. The summed E-state index contributed by atoms with van der Waals surface area (Å²) in [4.78, 5) is 38.1. The van der Waals surface area contributed by atoms with Crippen molar-refractivity contribution < 1.29 is 14.3 Å². The van der Waals surface area contributed by atoms with Crippen LogP contribution in [0, 0.1) is 0 Å². The van der Waals surface area contributed by atoms with Crippen LogP contribution in [-0.2, 0) is 21.4 Å². The molecule has 0 atom stereocenters. The van der Waals surface area contributed by atoms with E-state index in [-0.39, 0.29) is 36.3 Å². The molecule has 0 radical (unpaired) electrons. The van der Waals surface area contributed by atoms with Gasteiger partial charge in [0.05, 0.1) is 18.7 Å². The van der Waals surface area contributed by atoms with E-state index < -0.39 is 0 Å². The molecule has 0 spiro atoms. The zero-order valence-electron chi connectivity index (χ0n) is 16.3. The van der Waals surface area contributed by atoms with Crippen LogP contribution in [-0.4, -0.2) is 50.8 Å². The molecular weight excluding hydrogens is 360 g/mol. The SMILES string of the molecule is CCOC(=O)CCC(=O)N1CCC(c2nn(C)c(=O)n2-c2ccccc2)CC1. The minimum Gasteiger partial charge on any atom is -0.466 e. The number of para-hydroxylation sites is 1. The third-order valence-electron chi connectivity index (χ3n) is 5.03. The maximum atomic E-state index is 12.6. The van der Waals surface area contributed by atoms with Crippen LogP contribution in [0.4, 0.5) is 0 Å². The van der Waals surface area contributed by atoms with E-state index in [0.717, 1.165) is 24.4 Å². The Labute approximate surface area is 163 Å². The summed E-state index contributed by atoms with van der Waals surface area (Å²) in [6.45, 7) is 3.25. The van der Waals surface area contributed by atoms with Crippen molar-refractivity contribution >= 4 is 11.9 Å². The Morgan fingerprint density at radius 3 is 2.46 bits per heavy atom. The Bertz CT molecular complexity index is 879. The lowest BCUT2D eigenvalue weighted by Crippen LogP contribution is -2.38. The molecule has 1 aliphatic heterocycles. The van der Waals surface area contributed by atoms with Crippen molar-refractivity contribution in [2.75, 3.05) is 19.7 Å². The molecule has 0 N–H and O–H groups in total. The summed E-state index contributed by atoms with van der Waals surface area (Å²) < 4.78 is 7.89. The molecule has 8 heteroatoms. The fourth-order valence-electron chi connectivity index (χ4n) is 3.56. The summed E-state index contributed by atoms with van der Waals surface area (Å²) in [5, 5.41) is 4.46. The number of carbonyl (C=O) groups is 2. The first kappa shape index (κ1) is 19.9. The van der Waals surface area contributed by atoms with Crippen molar-refractivity contribution in [3.05, 3.63) is 46.6 Å². The Kier molecular flexibility index (Phi) is 6.28. The molecule has 1 amide bonds. The highest BCUT2D eigenvalue weighted by atomic mass is 16.5. The molecule has 0 unspecified atom stereocenters. The fourth-order valence-corrected chi connectivity index (χ4v) is 3.56. The largest absolute Gasteiger partial charge is 0.466 e. The van der Waals surface area contributed by atoms with Gasteiger partial charge in [-0.1, -0.05) is 18.2 Å². The maximum absolute atomic E-state index is 12.6. The molecule has 0 saturated carbocycles. The second kappa shape index (κ2) is 8.86. The molecule has 2 aromatic rings. The lowest BCUT2D eigenvalue weighted by atomic mass is 9.95. The van der Waals surface area contributed by atoms with E-state index in [9.17, 15) is 14.4 Å². The van der Waals surface area contributed by atoms with E-state index in [1.807, 2.05) is 30.3 Å². The number of carbonyl (C=O) groups excluding carboxylic acids is 2. The van der Waals surface area contributed by atoms with E-state index in [2.05, 4.69) is 5.10 Å². The summed E-state index contributed by atoms with van der Waals surface area (Å²) >= 11 is 0. The van der Waals surface area contributed by atoms with Crippen molar-refractivity contribution in [2.45, 2.75) is 38.5 Å². The Hall–Kier alpha value is -2.90. The molecule has 1 aliphatic rings. The molecule has 1 fully saturated rings. The van der Waals surface area contributed by atoms with Crippen molar-refractivity contribution in [2.24, 2.45) is 7.05 Å². The van der Waals surface area contributed by atoms with Gasteiger partial charge in [0, 0.05) is 32.5 Å². The predicted octanol–water partition coefficient (Wildman–Crippen LogP) is 1.62. The maximum Gasteiger partial charge on any atom is 0.350 e. The van der Waals surface area contributed by atoms with Gasteiger partial charge in [0.1, 0.15) is 5.82 Å². The number of nitrogens with zero attached hydrogens (tertiary/aromatic N) is 4. The quantitative estimate of drug-likeness (QED) is 0.704. The third kappa shape index (κ3) is 4.32. The number of hydrogen-bond acceptors (Lipinski definition) is 5. The molecule has 8 nitrogen and oxygen atoms in total. The monoisotopic (exact) mass is 386 g/mol. The number of esters is 1. The van der Waals surface area contributed by atoms with Gasteiger partial charge in [-0.15, -0.1) is 0 Å². The van der Waals surface area contributed by atoms with Crippen LogP contribution in [0.5, 0.6) is 0 Å². The molecule has 150 valence electrons. The lowest BCUT2D eigenvalue weighted by molar-refractivity contribution is -0.145. The van der Waals surface area contributed by atoms with E-state index in [4.69, 9.17) is 4.74 Å². The average Bonchev–Trinajstić information content (AvgIpc) is 3.02. The van der Waals surface area contributed by atoms with Crippen LogP contribution in [0.25, 0.3) is 5.69 Å². The summed E-state index contributed by atoms with van der Waals surface area (Å²) in [7, 11) is 1.65. The summed E-state index contributed by atoms with van der Waals surface area (Å²) in [6.07, 6.45) is 1.74. The lowest BCUT2D eigenvalue weighted by Gasteiger charge is -2.31. The Morgan fingerprint density at radius 1 is 1.14 bits per heavy atom. The van der Waals surface area contributed by atoms with Crippen LogP contribution in [0.3, 0.4) is 0 Å². The number of benzene rings is 1. The predicted molar refractivity (Wildman–Crippen MR) is 103 cm³/mol. The number of aryl methyl sites for hydroxylation is 1. The topological polar surface area (TPSA) is 86.4 Å². The average molecular weight is 386 g/mol. The Morgan fingerprint density at radius 2 is 1.82 bits per heavy atom. The molecule has 1 saturated heterocycles. The van der Waals surface area contributed by atoms with Crippen molar-refractivity contribution in [1.82, 2.24) is 19.2 Å². The first-order valence-corrected chi connectivity index (χ1v) is 9.66. The molecule has 28 heavy (non-hydrogen) atoms. The normalized spacial score (nSPS) is 14.9. The standard InChI is InChI=1S/C20H26N4O4/c1-3-28-18(26)10-9-17(25)23-13-11-15(12-14-23)19-21-22(2)20(27)24(19)16-7-5-4-6-8-16/h4-8,15H,3,9-14H2,1-2H3. The minimum atomic E-state index is -0.342. The molecule has 0 bridgehead atoms. The van der Waals surface area contributed by atoms with Gasteiger partial charge in [-0.05, 0) is 31.9 Å². The van der Waals surface area contributed by atoms with Crippen LogP contribution < -0.4 is 5.69 Å². The highest BCUT2D eigenvalue weighted by molar-refractivity contribution is 5.81. The van der Waals surface area contributed by atoms with Gasteiger partial charge < -0.3 is 9.64 Å². The van der Waals surface area contributed by atoms with E-state index in [0.29, 0.717) is 19.7 Å². The van der Waals surface area contributed by atoms with Crippen LogP contribution in [0.2, 0.25) is 0 Å². The van der Waals surface area contributed by atoms with Gasteiger partial charge in [-0.25, -0.2) is 14.0 Å².